The van der Waals surface area contributed by atoms with Gasteiger partial charge < -0.3 is 19.8 Å². The van der Waals surface area contributed by atoms with Crippen LogP contribution in [0.3, 0.4) is 0 Å². The lowest BCUT2D eigenvalue weighted by atomic mass is 9.95. The van der Waals surface area contributed by atoms with Gasteiger partial charge >= 0.3 is 0 Å². The van der Waals surface area contributed by atoms with Crippen LogP contribution in [-0.2, 0) is 0 Å². The van der Waals surface area contributed by atoms with E-state index in [1.807, 2.05) is 19.9 Å². The summed E-state index contributed by atoms with van der Waals surface area (Å²) in [6.07, 6.45) is 0. The minimum absolute atomic E-state index is 0.324. The molecule has 0 amide bonds. The van der Waals surface area contributed by atoms with Crippen molar-refractivity contribution in [2.24, 2.45) is 0 Å². The first-order valence-corrected chi connectivity index (χ1v) is 5.38. The van der Waals surface area contributed by atoms with Gasteiger partial charge in [-0.25, -0.2) is 0 Å². The highest BCUT2D eigenvalue weighted by Gasteiger charge is 2.10. The number of hydrogen-bond acceptors (Lipinski definition) is 4. The summed E-state index contributed by atoms with van der Waals surface area (Å²) in [5.74, 6) is -3.03. The Balaban J connectivity index is 2.94. The second-order valence-electron chi connectivity index (χ2n) is 4.22. The lowest BCUT2D eigenvalue weighted by Crippen LogP contribution is -2.30. The van der Waals surface area contributed by atoms with Crippen molar-refractivity contribution in [3.63, 3.8) is 0 Å². The summed E-state index contributed by atoms with van der Waals surface area (Å²) in [6.45, 7) is 3.74. The number of hydrogen-bond donors (Lipinski definition) is 0. The molecule has 0 heterocycles. The molecule has 0 spiro atoms. The van der Waals surface area contributed by atoms with Gasteiger partial charge in [0.2, 0.25) is 0 Å². The molecule has 92 valence electrons. The fraction of sp³-hybridized carbons (Fsp3) is 0.143. The van der Waals surface area contributed by atoms with Gasteiger partial charge in [0.1, 0.15) is 0 Å². The zero-order chi connectivity index (χ0) is 13.4. The molecule has 0 radical (unpaired) electrons. The average molecular weight is 242 g/mol. The van der Waals surface area contributed by atoms with Gasteiger partial charge in [0, 0.05) is 11.1 Å². The molecule has 0 unspecified atom stereocenters. The van der Waals surface area contributed by atoms with Crippen molar-refractivity contribution >= 4 is 22.7 Å². The molecule has 18 heavy (non-hydrogen) atoms. The maximum atomic E-state index is 11.1. The Bertz CT molecular complexity index is 671. The predicted octanol–water partition coefficient (Wildman–Crippen LogP) is 0.184. The van der Waals surface area contributed by atoms with Crippen molar-refractivity contribution in [3.8, 4) is 0 Å². The number of fused-ring (bicyclic) bond motifs is 1. The van der Waals surface area contributed by atoms with Gasteiger partial charge in [0.25, 0.3) is 0 Å². The van der Waals surface area contributed by atoms with Crippen molar-refractivity contribution in [3.05, 3.63) is 46.5 Å². The summed E-state index contributed by atoms with van der Waals surface area (Å²) in [7, 11) is 0. The molecule has 0 aliphatic rings. The molecular weight excluding hydrogens is 232 g/mol. The molecule has 0 atom stereocenters. The van der Waals surface area contributed by atoms with E-state index in [1.54, 1.807) is 12.1 Å². The molecule has 0 aromatic heterocycles. The number of carboxylic acid groups (broad SMARTS) is 2. The van der Waals surface area contributed by atoms with E-state index < -0.39 is 11.9 Å². The quantitative estimate of drug-likeness (QED) is 0.752. The summed E-state index contributed by atoms with van der Waals surface area (Å²) >= 11 is 0. The van der Waals surface area contributed by atoms with Crippen LogP contribution in [0.1, 0.15) is 31.8 Å². The van der Waals surface area contributed by atoms with Crippen LogP contribution in [0.5, 0.6) is 0 Å². The highest BCUT2D eigenvalue weighted by molar-refractivity contribution is 6.11. The van der Waals surface area contributed by atoms with Gasteiger partial charge in [-0.05, 0) is 35.7 Å². The smallest absolute Gasteiger partial charge is 0.0728 e. The van der Waals surface area contributed by atoms with Gasteiger partial charge in [0.15, 0.2) is 0 Å². The molecule has 0 N–H and O–H groups in total. The van der Waals surface area contributed by atoms with Crippen molar-refractivity contribution < 1.29 is 19.8 Å². The third-order valence-electron chi connectivity index (χ3n) is 3.06. The zero-order valence-electron chi connectivity index (χ0n) is 9.94. The summed E-state index contributed by atoms with van der Waals surface area (Å²) in [5.41, 5.74) is 1.22. The Labute approximate surface area is 103 Å². The molecule has 0 aliphatic carbocycles. The van der Waals surface area contributed by atoms with Crippen molar-refractivity contribution in [1.29, 1.82) is 0 Å². The number of carbonyl (C=O) groups excluding carboxylic acids is 2. The minimum atomic E-state index is -1.52. The molecule has 4 heteroatoms. The van der Waals surface area contributed by atoms with Crippen LogP contribution >= 0.6 is 0 Å². The van der Waals surface area contributed by atoms with E-state index in [2.05, 4.69) is 0 Å². The van der Waals surface area contributed by atoms with Crippen LogP contribution in [0.25, 0.3) is 10.8 Å². The molecule has 4 nitrogen and oxygen atoms in total. The third kappa shape index (κ3) is 1.82. The maximum absolute atomic E-state index is 11.1. The normalized spacial score (nSPS) is 10.6. The molecule has 0 fully saturated rings. The van der Waals surface area contributed by atoms with Gasteiger partial charge in [-0.3, -0.25) is 0 Å². The molecule has 2 aromatic carbocycles. The van der Waals surface area contributed by atoms with E-state index in [0.29, 0.717) is 10.8 Å². The molecule has 0 aliphatic heterocycles. The highest BCUT2D eigenvalue weighted by atomic mass is 16.4. The fourth-order valence-corrected chi connectivity index (χ4v) is 1.98. The van der Waals surface area contributed by atoms with Crippen LogP contribution in [0, 0.1) is 13.8 Å². The van der Waals surface area contributed by atoms with Crippen LogP contribution in [0.15, 0.2) is 24.3 Å². The summed E-state index contributed by atoms with van der Waals surface area (Å²) in [4.78, 5) is 22.1. The van der Waals surface area contributed by atoms with E-state index in [-0.39, 0.29) is 11.1 Å². The minimum Gasteiger partial charge on any atom is -0.545 e. The molecular formula is C14H10O4-2. The monoisotopic (exact) mass is 242 g/mol. The van der Waals surface area contributed by atoms with E-state index >= 15 is 0 Å². The average Bonchev–Trinajstić information content (AvgIpc) is 2.28. The third-order valence-corrected chi connectivity index (χ3v) is 3.06. The standard InChI is InChI=1S/C14H12O4/c1-7-5-9-3-4-10(13(15)16)12(14(17)18)11(9)6-8(7)2/h3-6H,1-2H3,(H,15,16)(H,17,18)/p-2. The first-order chi connectivity index (χ1) is 8.41. The van der Waals surface area contributed by atoms with E-state index in [1.165, 1.54) is 6.07 Å². The Morgan fingerprint density at radius 3 is 2.11 bits per heavy atom. The lowest BCUT2D eigenvalue weighted by Gasteiger charge is -2.15. The highest BCUT2D eigenvalue weighted by Crippen LogP contribution is 2.25. The number of benzene rings is 2. The van der Waals surface area contributed by atoms with E-state index in [9.17, 15) is 19.8 Å². The number of rotatable bonds is 2. The van der Waals surface area contributed by atoms with Gasteiger partial charge in [0.05, 0.1) is 11.9 Å². The SMILES string of the molecule is Cc1cc2ccc(C(=O)[O-])c(C(=O)[O-])c2cc1C. The Morgan fingerprint density at radius 1 is 0.944 bits per heavy atom. The molecule has 0 saturated carbocycles. The zero-order valence-corrected chi connectivity index (χ0v) is 9.94. The molecule has 2 aromatic rings. The second kappa shape index (κ2) is 4.14. The summed E-state index contributed by atoms with van der Waals surface area (Å²) in [6, 6.07) is 6.27. The summed E-state index contributed by atoms with van der Waals surface area (Å²) < 4.78 is 0. The van der Waals surface area contributed by atoms with Crippen LogP contribution < -0.4 is 10.2 Å². The van der Waals surface area contributed by atoms with E-state index in [4.69, 9.17) is 0 Å². The maximum Gasteiger partial charge on any atom is 0.0728 e. The topological polar surface area (TPSA) is 80.3 Å². The second-order valence-corrected chi connectivity index (χ2v) is 4.22. The number of aromatic carboxylic acids is 2. The lowest BCUT2D eigenvalue weighted by molar-refractivity contribution is -0.259. The van der Waals surface area contributed by atoms with Crippen LogP contribution in [0.2, 0.25) is 0 Å². The van der Waals surface area contributed by atoms with Crippen molar-refractivity contribution in [2.75, 3.05) is 0 Å². The van der Waals surface area contributed by atoms with Gasteiger partial charge in [-0.15, -0.1) is 0 Å². The van der Waals surface area contributed by atoms with Crippen molar-refractivity contribution in [2.45, 2.75) is 13.8 Å². The first kappa shape index (κ1) is 12.1. The molecule has 0 bridgehead atoms. The Kier molecular flexibility index (Phi) is 2.79. The Morgan fingerprint density at radius 2 is 1.56 bits per heavy atom. The summed E-state index contributed by atoms with van der Waals surface area (Å²) in [5, 5.41) is 23.1. The fourth-order valence-electron chi connectivity index (χ4n) is 1.98. The Hall–Kier alpha value is -2.36. The number of carbonyl (C=O) groups is 2. The first-order valence-electron chi connectivity index (χ1n) is 5.38. The van der Waals surface area contributed by atoms with Crippen LogP contribution in [-0.4, -0.2) is 11.9 Å². The van der Waals surface area contributed by atoms with E-state index in [0.717, 1.165) is 11.1 Å². The largest absolute Gasteiger partial charge is 0.545 e. The van der Waals surface area contributed by atoms with Gasteiger partial charge in [-0.2, -0.15) is 0 Å². The van der Waals surface area contributed by atoms with Crippen molar-refractivity contribution in [1.82, 2.24) is 0 Å². The molecule has 2 rings (SSSR count). The predicted molar refractivity (Wildman–Crippen MR) is 62.1 cm³/mol. The molecule has 0 saturated heterocycles. The van der Waals surface area contributed by atoms with Crippen LogP contribution in [0.4, 0.5) is 0 Å². The van der Waals surface area contributed by atoms with Gasteiger partial charge in [-0.1, -0.05) is 24.3 Å². The number of carboxylic acids is 2. The number of aryl methyl sites for hydroxylation is 2.